The van der Waals surface area contributed by atoms with Crippen LogP contribution in [0.2, 0.25) is 0 Å². The van der Waals surface area contributed by atoms with Gasteiger partial charge in [-0.1, -0.05) is 6.07 Å². The van der Waals surface area contributed by atoms with Gasteiger partial charge < -0.3 is 19.4 Å². The second-order valence-electron chi connectivity index (χ2n) is 11.8. The van der Waals surface area contributed by atoms with Crippen molar-refractivity contribution in [3.05, 3.63) is 41.2 Å². The van der Waals surface area contributed by atoms with Crippen molar-refractivity contribution < 1.29 is 22.7 Å². The summed E-state index contributed by atoms with van der Waals surface area (Å²) in [6, 6.07) is 3.94. The molecule has 2 bridgehead atoms. The van der Waals surface area contributed by atoms with Crippen LogP contribution in [0.25, 0.3) is 0 Å². The van der Waals surface area contributed by atoms with Crippen molar-refractivity contribution in [2.24, 2.45) is 11.3 Å². The SMILES string of the molecule is Cc1cnc(CC(=O)NC2CCC3(CCN4CCc5ccc(OCC(C)(F)F)nc5CC4)CCC2CC3)o1. The zero-order valence-electron chi connectivity index (χ0n) is 22.6. The maximum atomic E-state index is 13.2. The van der Waals surface area contributed by atoms with Gasteiger partial charge in [0.15, 0.2) is 6.61 Å². The van der Waals surface area contributed by atoms with E-state index >= 15 is 0 Å². The van der Waals surface area contributed by atoms with Crippen molar-refractivity contribution in [2.75, 3.05) is 26.2 Å². The molecule has 1 atom stereocenters. The number of carbonyl (C=O) groups excluding carboxylic acids is 1. The molecule has 0 saturated heterocycles. The summed E-state index contributed by atoms with van der Waals surface area (Å²) in [7, 11) is 0. The minimum Gasteiger partial charge on any atom is -0.471 e. The molecule has 7 nitrogen and oxygen atoms in total. The number of fused-ring (bicyclic) bond motifs is 5. The Morgan fingerprint density at radius 3 is 2.71 bits per heavy atom. The quantitative estimate of drug-likeness (QED) is 0.497. The number of oxazole rings is 1. The number of rotatable bonds is 9. The van der Waals surface area contributed by atoms with E-state index in [9.17, 15) is 13.6 Å². The number of pyridine rings is 1. The van der Waals surface area contributed by atoms with Gasteiger partial charge in [0.05, 0.1) is 6.20 Å². The molecule has 6 rings (SSSR count). The Hall–Kier alpha value is -2.55. The highest BCUT2D eigenvalue weighted by atomic mass is 19.3. The van der Waals surface area contributed by atoms with E-state index in [-0.39, 0.29) is 24.2 Å². The second kappa shape index (κ2) is 11.3. The number of alkyl halides is 2. The first-order valence-corrected chi connectivity index (χ1v) is 14.1. The third-order valence-electron chi connectivity index (χ3n) is 8.81. The molecule has 0 radical (unpaired) electrons. The molecule has 0 aromatic carbocycles. The van der Waals surface area contributed by atoms with Crippen LogP contribution >= 0.6 is 0 Å². The van der Waals surface area contributed by atoms with E-state index in [0.717, 1.165) is 63.7 Å². The molecular formula is C29H40F2N4O3. The Labute approximate surface area is 223 Å². The number of hydrogen-bond acceptors (Lipinski definition) is 6. The van der Waals surface area contributed by atoms with Crippen molar-refractivity contribution in [3.63, 3.8) is 0 Å². The number of hydrogen-bond donors (Lipinski definition) is 1. The molecule has 4 aliphatic rings. The van der Waals surface area contributed by atoms with Crippen LogP contribution in [0.5, 0.6) is 5.88 Å². The van der Waals surface area contributed by atoms with E-state index in [1.54, 1.807) is 12.3 Å². The molecule has 1 amide bonds. The normalized spacial score (nSPS) is 25.9. The van der Waals surface area contributed by atoms with Gasteiger partial charge in [0, 0.05) is 44.2 Å². The fourth-order valence-corrected chi connectivity index (χ4v) is 6.55. The van der Waals surface area contributed by atoms with Gasteiger partial charge in [-0.25, -0.2) is 18.7 Å². The van der Waals surface area contributed by atoms with Gasteiger partial charge in [0.2, 0.25) is 17.7 Å². The highest BCUT2D eigenvalue weighted by molar-refractivity contribution is 5.77. The Morgan fingerprint density at radius 1 is 1.21 bits per heavy atom. The topological polar surface area (TPSA) is 80.5 Å². The van der Waals surface area contributed by atoms with Crippen molar-refractivity contribution in [1.82, 2.24) is 20.2 Å². The van der Waals surface area contributed by atoms with Gasteiger partial charge in [0.1, 0.15) is 12.2 Å². The first-order valence-electron chi connectivity index (χ1n) is 14.1. The van der Waals surface area contributed by atoms with E-state index in [2.05, 4.69) is 20.2 Å². The maximum absolute atomic E-state index is 13.2. The molecule has 3 fully saturated rings. The molecular weight excluding hydrogens is 490 g/mol. The number of halogens is 2. The molecule has 1 unspecified atom stereocenters. The Bertz CT molecular complexity index is 1110. The number of aromatic nitrogens is 2. The summed E-state index contributed by atoms with van der Waals surface area (Å²) in [5, 5.41) is 3.30. The average Bonchev–Trinajstić information content (AvgIpc) is 3.03. The van der Waals surface area contributed by atoms with Crippen LogP contribution in [0.4, 0.5) is 8.78 Å². The van der Waals surface area contributed by atoms with Gasteiger partial charge in [-0.05, 0) is 81.7 Å². The number of aryl methyl sites for hydroxylation is 1. The van der Waals surface area contributed by atoms with E-state index in [1.807, 2.05) is 13.0 Å². The van der Waals surface area contributed by atoms with Gasteiger partial charge in [0.25, 0.3) is 5.92 Å². The number of nitrogens with zero attached hydrogens (tertiary/aromatic N) is 3. The fraction of sp³-hybridized carbons (Fsp3) is 0.690. The summed E-state index contributed by atoms with van der Waals surface area (Å²) >= 11 is 0. The van der Waals surface area contributed by atoms with Crippen molar-refractivity contribution in [3.8, 4) is 5.88 Å². The summed E-state index contributed by atoms with van der Waals surface area (Å²) in [4.78, 5) is 23.9. The average molecular weight is 531 g/mol. The maximum Gasteiger partial charge on any atom is 0.278 e. The molecule has 38 heavy (non-hydrogen) atoms. The van der Waals surface area contributed by atoms with Crippen LogP contribution in [0.3, 0.4) is 0 Å². The molecule has 2 aromatic heterocycles. The molecule has 9 heteroatoms. The number of nitrogens with one attached hydrogen (secondary N) is 1. The largest absolute Gasteiger partial charge is 0.471 e. The highest BCUT2D eigenvalue weighted by Gasteiger charge is 2.42. The molecule has 3 saturated carbocycles. The van der Waals surface area contributed by atoms with Crippen LogP contribution in [0.1, 0.15) is 74.8 Å². The summed E-state index contributed by atoms with van der Waals surface area (Å²) in [6.07, 6.45) is 11.8. The van der Waals surface area contributed by atoms with Crippen molar-refractivity contribution in [1.29, 1.82) is 0 Å². The molecule has 3 heterocycles. The summed E-state index contributed by atoms with van der Waals surface area (Å²) < 4.78 is 37.0. The van der Waals surface area contributed by atoms with Gasteiger partial charge in [-0.2, -0.15) is 0 Å². The second-order valence-corrected chi connectivity index (χ2v) is 11.8. The Morgan fingerprint density at radius 2 is 1.97 bits per heavy atom. The molecule has 1 N–H and O–H groups in total. The molecule has 2 aromatic rings. The minimum absolute atomic E-state index is 0.00551. The van der Waals surface area contributed by atoms with E-state index in [1.165, 1.54) is 37.7 Å². The van der Waals surface area contributed by atoms with Crippen LogP contribution < -0.4 is 10.1 Å². The zero-order valence-corrected chi connectivity index (χ0v) is 22.6. The number of ether oxygens (including phenoxy) is 1. The van der Waals surface area contributed by atoms with Gasteiger partial charge in [-0.3, -0.25) is 4.79 Å². The standard InChI is InChI=1S/C29H40F2N4O3/c1-20-18-32-27(38-20)17-25(36)33-23-7-12-29(10-5-22(23)6-11-29)13-16-35-14-8-21-3-4-26(34-24(21)9-15-35)37-19-28(2,30)31/h3-4,18,22-23H,5-17,19H2,1-2H3,(H,33,36). The zero-order chi connectivity index (χ0) is 26.8. The first kappa shape index (κ1) is 27.0. The van der Waals surface area contributed by atoms with Gasteiger partial charge in [-0.15, -0.1) is 0 Å². The summed E-state index contributed by atoms with van der Waals surface area (Å²) in [5.41, 5.74) is 2.52. The van der Waals surface area contributed by atoms with Crippen LogP contribution in [-0.2, 0) is 24.1 Å². The molecule has 1 aliphatic heterocycles. The minimum atomic E-state index is -2.87. The molecule has 0 spiro atoms. The Kier molecular flexibility index (Phi) is 8.03. The summed E-state index contributed by atoms with van der Waals surface area (Å²) in [6.45, 7) is 5.00. The smallest absolute Gasteiger partial charge is 0.278 e. The van der Waals surface area contributed by atoms with Gasteiger partial charge >= 0.3 is 0 Å². The highest BCUT2D eigenvalue weighted by Crippen LogP contribution is 2.50. The van der Waals surface area contributed by atoms with E-state index < -0.39 is 12.5 Å². The van der Waals surface area contributed by atoms with Crippen molar-refractivity contribution in [2.45, 2.75) is 90.0 Å². The van der Waals surface area contributed by atoms with E-state index in [0.29, 0.717) is 17.2 Å². The first-order chi connectivity index (χ1) is 18.2. The number of carbonyl (C=O) groups is 1. The van der Waals surface area contributed by atoms with Crippen molar-refractivity contribution >= 4 is 5.91 Å². The molecule has 3 aliphatic carbocycles. The van der Waals surface area contributed by atoms with E-state index in [4.69, 9.17) is 9.15 Å². The fourth-order valence-electron chi connectivity index (χ4n) is 6.55. The Balaban J connectivity index is 1.11. The predicted molar refractivity (Wildman–Crippen MR) is 139 cm³/mol. The van der Waals surface area contributed by atoms with Crippen LogP contribution in [-0.4, -0.2) is 59.0 Å². The summed E-state index contributed by atoms with van der Waals surface area (Å²) in [5.74, 6) is -0.815. The predicted octanol–water partition coefficient (Wildman–Crippen LogP) is 4.90. The van der Waals surface area contributed by atoms with Crippen LogP contribution in [0.15, 0.2) is 22.7 Å². The molecule has 208 valence electrons. The third kappa shape index (κ3) is 6.90. The lowest BCUT2D eigenvalue weighted by Crippen LogP contribution is -2.40. The lowest BCUT2D eigenvalue weighted by molar-refractivity contribution is -0.121. The lowest BCUT2D eigenvalue weighted by Gasteiger charge is -2.38. The monoisotopic (exact) mass is 530 g/mol. The lowest BCUT2D eigenvalue weighted by atomic mass is 9.69. The van der Waals surface area contributed by atoms with Crippen LogP contribution in [0, 0.1) is 18.3 Å². The number of amides is 1. The third-order valence-corrected chi connectivity index (χ3v) is 8.81.